The van der Waals surface area contributed by atoms with Crippen molar-refractivity contribution in [2.75, 3.05) is 0 Å². The van der Waals surface area contributed by atoms with Crippen molar-refractivity contribution in [2.45, 2.75) is 6.18 Å². The number of alkyl halides is 3. The molecule has 2 aromatic carbocycles. The predicted octanol–water partition coefficient (Wildman–Crippen LogP) is 4.89. The van der Waals surface area contributed by atoms with Crippen LogP contribution in [0.1, 0.15) is 11.1 Å². The molecule has 0 bridgehead atoms. The summed E-state index contributed by atoms with van der Waals surface area (Å²) in [5.74, 6) is -0.132. The lowest BCUT2D eigenvalue weighted by Gasteiger charge is -2.15. The molecule has 2 aromatic rings. The predicted molar refractivity (Wildman–Crippen MR) is 81.5 cm³/mol. The van der Waals surface area contributed by atoms with E-state index in [1.54, 1.807) is 12.1 Å². The Morgan fingerprint density at radius 2 is 1.76 bits per heavy atom. The zero-order valence-electron chi connectivity index (χ0n) is 10.4. The first-order chi connectivity index (χ1) is 9.79. The number of nitrogens with two attached hydrogens (primary N) is 1. The molecule has 0 aliphatic heterocycles. The highest BCUT2D eigenvalue weighted by Gasteiger charge is 2.34. The zero-order chi connectivity index (χ0) is 15.6. The van der Waals surface area contributed by atoms with Crippen LogP contribution in [0.4, 0.5) is 13.2 Å². The maximum Gasteiger partial charge on any atom is 0.419 e. The second kappa shape index (κ2) is 6.03. The minimum absolute atomic E-state index is 0.0378. The third-order valence-electron chi connectivity index (χ3n) is 2.62. The van der Waals surface area contributed by atoms with Crippen LogP contribution < -0.4 is 10.5 Å². The first-order valence-corrected chi connectivity index (χ1v) is 6.92. The van der Waals surface area contributed by atoms with E-state index in [0.29, 0.717) is 10.0 Å². The van der Waals surface area contributed by atoms with Crippen molar-refractivity contribution in [1.29, 1.82) is 0 Å². The molecule has 0 aliphatic carbocycles. The van der Waals surface area contributed by atoms with Gasteiger partial charge >= 0.3 is 6.18 Å². The molecule has 2 rings (SSSR count). The molecule has 0 spiro atoms. The van der Waals surface area contributed by atoms with Gasteiger partial charge in [0.05, 0.1) is 11.1 Å². The van der Waals surface area contributed by atoms with Crippen LogP contribution in [-0.4, -0.2) is 4.99 Å². The van der Waals surface area contributed by atoms with Crippen LogP contribution >= 0.6 is 28.1 Å². The Morgan fingerprint density at radius 1 is 1.10 bits per heavy atom. The van der Waals surface area contributed by atoms with E-state index < -0.39 is 11.7 Å². The van der Waals surface area contributed by atoms with Crippen LogP contribution in [0.25, 0.3) is 0 Å². The monoisotopic (exact) mass is 375 g/mol. The molecule has 0 aromatic heterocycles. The van der Waals surface area contributed by atoms with Crippen molar-refractivity contribution in [3.05, 3.63) is 58.1 Å². The first kappa shape index (κ1) is 15.8. The highest BCUT2D eigenvalue weighted by atomic mass is 79.9. The fraction of sp³-hybridized carbons (Fsp3) is 0.0714. The summed E-state index contributed by atoms with van der Waals surface area (Å²) in [6.07, 6.45) is -4.50. The van der Waals surface area contributed by atoms with Gasteiger partial charge in [-0.25, -0.2) is 0 Å². The largest absolute Gasteiger partial charge is 0.456 e. The van der Waals surface area contributed by atoms with Gasteiger partial charge in [0.1, 0.15) is 16.5 Å². The Kier molecular flexibility index (Phi) is 4.53. The Morgan fingerprint density at radius 3 is 2.38 bits per heavy atom. The molecule has 2 nitrogen and oxygen atoms in total. The summed E-state index contributed by atoms with van der Waals surface area (Å²) in [6.45, 7) is 0. The average molecular weight is 376 g/mol. The molecule has 0 amide bonds. The molecule has 0 unspecified atom stereocenters. The Labute approximate surface area is 132 Å². The third-order valence-corrected chi connectivity index (χ3v) is 3.33. The Hall–Kier alpha value is -1.60. The van der Waals surface area contributed by atoms with E-state index in [1.807, 2.05) is 0 Å². The van der Waals surface area contributed by atoms with E-state index in [4.69, 9.17) is 22.7 Å². The van der Waals surface area contributed by atoms with Crippen molar-refractivity contribution in [1.82, 2.24) is 0 Å². The van der Waals surface area contributed by atoms with Gasteiger partial charge in [-0.15, -0.1) is 0 Å². The maximum atomic E-state index is 12.9. The van der Waals surface area contributed by atoms with Crippen molar-refractivity contribution in [2.24, 2.45) is 5.73 Å². The van der Waals surface area contributed by atoms with Gasteiger partial charge in [-0.3, -0.25) is 0 Å². The summed E-state index contributed by atoms with van der Waals surface area (Å²) in [7, 11) is 0. The highest BCUT2D eigenvalue weighted by Crippen LogP contribution is 2.38. The number of halogens is 4. The highest BCUT2D eigenvalue weighted by molar-refractivity contribution is 9.10. The summed E-state index contributed by atoms with van der Waals surface area (Å²) in [5, 5.41) is 0. The average Bonchev–Trinajstić information content (AvgIpc) is 2.40. The molecule has 21 heavy (non-hydrogen) atoms. The van der Waals surface area contributed by atoms with Crippen LogP contribution in [0.5, 0.6) is 11.5 Å². The summed E-state index contributed by atoms with van der Waals surface area (Å²) in [4.78, 5) is 0.0378. The van der Waals surface area contributed by atoms with Crippen molar-refractivity contribution < 1.29 is 17.9 Å². The van der Waals surface area contributed by atoms with Crippen LogP contribution in [0.15, 0.2) is 46.9 Å². The van der Waals surface area contributed by atoms with Gasteiger partial charge in [0, 0.05) is 4.47 Å². The minimum Gasteiger partial charge on any atom is -0.456 e. The van der Waals surface area contributed by atoms with Crippen LogP contribution in [-0.2, 0) is 6.18 Å². The molecule has 0 aliphatic rings. The van der Waals surface area contributed by atoms with Crippen LogP contribution in [0.3, 0.4) is 0 Å². The number of rotatable bonds is 3. The molecular weight excluding hydrogens is 367 g/mol. The summed E-state index contributed by atoms with van der Waals surface area (Å²) in [5.41, 5.74) is 5.07. The van der Waals surface area contributed by atoms with E-state index in [1.165, 1.54) is 24.3 Å². The molecule has 7 heteroatoms. The normalized spacial score (nSPS) is 11.2. The third kappa shape index (κ3) is 3.74. The van der Waals surface area contributed by atoms with Crippen molar-refractivity contribution >= 4 is 33.1 Å². The van der Waals surface area contributed by atoms with E-state index in [-0.39, 0.29) is 16.5 Å². The second-order valence-electron chi connectivity index (χ2n) is 4.10. The molecule has 0 saturated heterocycles. The van der Waals surface area contributed by atoms with Gasteiger partial charge in [0.2, 0.25) is 0 Å². The number of para-hydroxylation sites is 1. The van der Waals surface area contributed by atoms with Gasteiger partial charge < -0.3 is 10.5 Å². The van der Waals surface area contributed by atoms with E-state index in [0.717, 1.165) is 6.07 Å². The fourth-order valence-corrected chi connectivity index (χ4v) is 2.21. The van der Waals surface area contributed by atoms with Gasteiger partial charge in [0.15, 0.2) is 0 Å². The standard InChI is InChI=1S/C14H9BrF3NOS/c15-8-5-6-11(9(7-8)13(19)21)20-12-4-2-1-3-10(12)14(16,17)18/h1-7H,(H2,19,21). The first-order valence-electron chi connectivity index (χ1n) is 5.72. The van der Waals surface area contributed by atoms with Gasteiger partial charge in [-0.2, -0.15) is 13.2 Å². The van der Waals surface area contributed by atoms with E-state index in [2.05, 4.69) is 15.9 Å². The van der Waals surface area contributed by atoms with Gasteiger partial charge in [-0.1, -0.05) is 40.3 Å². The van der Waals surface area contributed by atoms with E-state index >= 15 is 0 Å². The summed E-state index contributed by atoms with van der Waals surface area (Å²) < 4.78 is 44.9. The number of ether oxygens (including phenoxy) is 1. The number of thiocarbonyl (C=S) groups is 1. The van der Waals surface area contributed by atoms with Gasteiger partial charge in [0.25, 0.3) is 0 Å². The zero-order valence-corrected chi connectivity index (χ0v) is 12.8. The molecule has 0 heterocycles. The maximum absolute atomic E-state index is 12.9. The summed E-state index contributed by atoms with van der Waals surface area (Å²) in [6, 6.07) is 9.69. The SMILES string of the molecule is NC(=S)c1cc(Br)ccc1Oc1ccccc1C(F)(F)F. The molecule has 0 saturated carbocycles. The van der Waals surface area contributed by atoms with Gasteiger partial charge in [-0.05, 0) is 30.3 Å². The number of hydrogen-bond acceptors (Lipinski definition) is 2. The minimum atomic E-state index is -4.50. The summed E-state index contributed by atoms with van der Waals surface area (Å²) >= 11 is 8.13. The quantitative estimate of drug-likeness (QED) is 0.775. The van der Waals surface area contributed by atoms with E-state index in [9.17, 15) is 13.2 Å². The molecule has 0 fully saturated rings. The fourth-order valence-electron chi connectivity index (χ4n) is 1.69. The molecule has 110 valence electrons. The van der Waals surface area contributed by atoms with Crippen LogP contribution in [0, 0.1) is 0 Å². The molecule has 0 atom stereocenters. The topological polar surface area (TPSA) is 35.2 Å². The van der Waals surface area contributed by atoms with Crippen molar-refractivity contribution in [3.63, 3.8) is 0 Å². The Bertz CT molecular complexity index is 688. The molecule has 0 radical (unpaired) electrons. The molecular formula is C14H9BrF3NOS. The molecule has 2 N–H and O–H groups in total. The lowest BCUT2D eigenvalue weighted by molar-refractivity contribution is -0.138. The smallest absolute Gasteiger partial charge is 0.419 e. The Balaban J connectivity index is 2.47. The lowest BCUT2D eigenvalue weighted by Crippen LogP contribution is -2.12. The van der Waals surface area contributed by atoms with Crippen LogP contribution in [0.2, 0.25) is 0 Å². The lowest BCUT2D eigenvalue weighted by atomic mass is 10.1. The second-order valence-corrected chi connectivity index (χ2v) is 5.46. The number of hydrogen-bond donors (Lipinski definition) is 1. The number of benzene rings is 2. The van der Waals surface area contributed by atoms with Crippen molar-refractivity contribution in [3.8, 4) is 11.5 Å².